The number of hydrogen-bond acceptors (Lipinski definition) is 7. The molecule has 1 N–H and O–H groups in total. The normalized spacial score (nSPS) is 10.3. The zero-order valence-corrected chi connectivity index (χ0v) is 16.7. The van der Waals surface area contributed by atoms with E-state index in [-0.39, 0.29) is 29.4 Å². The first-order valence-corrected chi connectivity index (χ1v) is 9.00. The van der Waals surface area contributed by atoms with Crippen LogP contribution >= 0.6 is 0 Å². The van der Waals surface area contributed by atoms with E-state index in [0.29, 0.717) is 19.7 Å². The molecular formula is C20H25N3O6. The van der Waals surface area contributed by atoms with Gasteiger partial charge < -0.3 is 24.4 Å². The largest absolute Gasteiger partial charge is 0.493 e. The number of nitrogens with one attached hydrogen (secondary N) is 1. The van der Waals surface area contributed by atoms with E-state index in [1.807, 2.05) is 42.3 Å². The van der Waals surface area contributed by atoms with Crippen LogP contribution in [0, 0.1) is 10.1 Å². The van der Waals surface area contributed by atoms with Gasteiger partial charge in [-0.15, -0.1) is 0 Å². The van der Waals surface area contributed by atoms with Gasteiger partial charge in [-0.1, -0.05) is 18.2 Å². The molecule has 0 aliphatic rings. The van der Waals surface area contributed by atoms with Crippen LogP contribution in [0.5, 0.6) is 11.5 Å². The number of para-hydroxylation sites is 1. The topological polar surface area (TPSA) is 103 Å². The number of nitrogens with zero attached hydrogens (tertiary/aromatic N) is 2. The molecule has 2 aromatic carbocycles. The number of benzene rings is 2. The van der Waals surface area contributed by atoms with Crippen LogP contribution in [0.1, 0.15) is 10.4 Å². The fourth-order valence-corrected chi connectivity index (χ4v) is 2.63. The van der Waals surface area contributed by atoms with Crippen molar-refractivity contribution in [1.29, 1.82) is 0 Å². The van der Waals surface area contributed by atoms with Crippen molar-refractivity contribution in [2.24, 2.45) is 0 Å². The highest BCUT2D eigenvalue weighted by Crippen LogP contribution is 2.34. The van der Waals surface area contributed by atoms with Gasteiger partial charge in [-0.25, -0.2) is 0 Å². The van der Waals surface area contributed by atoms with Crippen LogP contribution < -0.4 is 19.7 Å². The standard InChI is InChI=1S/C20H25N3O6/c1-22(15-7-5-4-6-8-15)10-9-21-20(24)16-13-18(28-3)19(29-12-11-27-2)14-17(16)23(25)26/h4-8,13-14H,9-12H2,1-3H3,(H,21,24). The third-order valence-corrected chi connectivity index (χ3v) is 4.20. The predicted molar refractivity (Wildman–Crippen MR) is 109 cm³/mol. The minimum atomic E-state index is -0.617. The molecule has 0 fully saturated rings. The van der Waals surface area contributed by atoms with E-state index in [2.05, 4.69) is 5.32 Å². The van der Waals surface area contributed by atoms with Gasteiger partial charge in [0.2, 0.25) is 0 Å². The second-order valence-electron chi connectivity index (χ2n) is 6.13. The lowest BCUT2D eigenvalue weighted by molar-refractivity contribution is -0.385. The molecule has 0 unspecified atom stereocenters. The van der Waals surface area contributed by atoms with Crippen molar-refractivity contribution in [2.75, 3.05) is 52.5 Å². The van der Waals surface area contributed by atoms with E-state index in [9.17, 15) is 14.9 Å². The van der Waals surface area contributed by atoms with Crippen molar-refractivity contribution in [3.8, 4) is 11.5 Å². The lowest BCUT2D eigenvalue weighted by atomic mass is 10.1. The highest BCUT2D eigenvalue weighted by molar-refractivity contribution is 5.99. The smallest absolute Gasteiger partial charge is 0.286 e. The van der Waals surface area contributed by atoms with Crippen LogP contribution in [0.25, 0.3) is 0 Å². The van der Waals surface area contributed by atoms with Crippen LogP contribution in [0.2, 0.25) is 0 Å². The fourth-order valence-electron chi connectivity index (χ4n) is 2.63. The average Bonchev–Trinajstić information content (AvgIpc) is 2.73. The van der Waals surface area contributed by atoms with Gasteiger partial charge in [0.1, 0.15) is 12.2 Å². The molecule has 0 aromatic heterocycles. The Morgan fingerprint density at radius 3 is 2.48 bits per heavy atom. The molecule has 0 saturated heterocycles. The van der Waals surface area contributed by atoms with E-state index < -0.39 is 10.8 Å². The van der Waals surface area contributed by atoms with Crippen LogP contribution in [-0.2, 0) is 4.74 Å². The molecule has 0 saturated carbocycles. The number of nitro groups is 1. The van der Waals surface area contributed by atoms with E-state index in [0.717, 1.165) is 5.69 Å². The summed E-state index contributed by atoms with van der Waals surface area (Å²) < 4.78 is 15.6. The first kappa shape index (κ1) is 22.0. The van der Waals surface area contributed by atoms with Gasteiger partial charge in [0.25, 0.3) is 11.6 Å². The van der Waals surface area contributed by atoms with Gasteiger partial charge in [0.15, 0.2) is 11.5 Å². The minimum absolute atomic E-state index is 0.0895. The lowest BCUT2D eigenvalue weighted by Gasteiger charge is -2.19. The Morgan fingerprint density at radius 1 is 1.14 bits per heavy atom. The number of amides is 1. The molecule has 2 rings (SSSR count). The average molecular weight is 403 g/mol. The Hall–Kier alpha value is -3.33. The van der Waals surface area contributed by atoms with Crippen molar-refractivity contribution >= 4 is 17.3 Å². The van der Waals surface area contributed by atoms with Crippen molar-refractivity contribution in [2.45, 2.75) is 0 Å². The summed E-state index contributed by atoms with van der Waals surface area (Å²) in [6.07, 6.45) is 0. The number of nitro benzene ring substituents is 1. The number of carbonyl (C=O) groups excluding carboxylic acids is 1. The van der Waals surface area contributed by atoms with Crippen LogP contribution in [0.15, 0.2) is 42.5 Å². The fraction of sp³-hybridized carbons (Fsp3) is 0.350. The number of ether oxygens (including phenoxy) is 3. The Morgan fingerprint density at radius 2 is 1.86 bits per heavy atom. The summed E-state index contributed by atoms with van der Waals surface area (Å²) in [5.74, 6) is -0.144. The molecule has 0 aliphatic carbocycles. The van der Waals surface area contributed by atoms with E-state index in [4.69, 9.17) is 14.2 Å². The second-order valence-corrected chi connectivity index (χ2v) is 6.13. The van der Waals surface area contributed by atoms with Crippen molar-refractivity contribution < 1.29 is 23.9 Å². The maximum absolute atomic E-state index is 12.6. The summed E-state index contributed by atoms with van der Waals surface area (Å²) in [7, 11) is 4.83. The van der Waals surface area contributed by atoms with Crippen molar-refractivity contribution in [1.82, 2.24) is 5.32 Å². The van der Waals surface area contributed by atoms with Crippen LogP contribution in [0.3, 0.4) is 0 Å². The second kappa shape index (κ2) is 10.9. The van der Waals surface area contributed by atoms with Gasteiger partial charge in [-0.05, 0) is 12.1 Å². The molecule has 9 nitrogen and oxygen atoms in total. The summed E-state index contributed by atoms with van der Waals surface area (Å²) >= 11 is 0. The molecule has 1 amide bonds. The molecule has 2 aromatic rings. The van der Waals surface area contributed by atoms with Crippen LogP contribution in [-0.4, -0.2) is 58.4 Å². The van der Waals surface area contributed by atoms with Crippen molar-refractivity contribution in [3.05, 3.63) is 58.1 Å². The zero-order chi connectivity index (χ0) is 21.2. The maximum atomic E-state index is 12.6. The number of methoxy groups -OCH3 is 2. The monoisotopic (exact) mass is 403 g/mol. The molecule has 0 spiro atoms. The highest BCUT2D eigenvalue weighted by Gasteiger charge is 2.24. The summed E-state index contributed by atoms with van der Waals surface area (Å²) in [6.45, 7) is 1.37. The number of rotatable bonds is 11. The Kier molecular flexibility index (Phi) is 8.23. The molecule has 0 atom stereocenters. The lowest BCUT2D eigenvalue weighted by Crippen LogP contribution is -2.33. The zero-order valence-electron chi connectivity index (χ0n) is 16.7. The number of likely N-dealkylation sites (N-methyl/N-ethyl adjacent to an activating group) is 1. The van der Waals surface area contributed by atoms with Gasteiger partial charge in [-0.3, -0.25) is 14.9 Å². The summed E-state index contributed by atoms with van der Waals surface area (Å²) in [6, 6.07) is 12.2. The quantitative estimate of drug-likeness (QED) is 0.349. The molecule has 0 heterocycles. The number of anilines is 1. The molecule has 156 valence electrons. The Balaban J connectivity index is 2.10. The summed E-state index contributed by atoms with van der Waals surface area (Å²) in [5, 5.41) is 14.2. The van der Waals surface area contributed by atoms with Gasteiger partial charge in [-0.2, -0.15) is 0 Å². The molecular weight excluding hydrogens is 378 g/mol. The molecule has 0 radical (unpaired) electrons. The molecule has 9 heteroatoms. The molecule has 29 heavy (non-hydrogen) atoms. The third kappa shape index (κ3) is 6.08. The summed E-state index contributed by atoms with van der Waals surface area (Å²) in [5.41, 5.74) is 0.562. The van der Waals surface area contributed by atoms with Gasteiger partial charge in [0, 0.05) is 39.0 Å². The predicted octanol–water partition coefficient (Wildman–Crippen LogP) is 2.49. The minimum Gasteiger partial charge on any atom is -0.493 e. The third-order valence-electron chi connectivity index (χ3n) is 4.20. The van der Waals surface area contributed by atoms with E-state index in [1.54, 1.807) is 0 Å². The maximum Gasteiger partial charge on any atom is 0.286 e. The van der Waals surface area contributed by atoms with Crippen LogP contribution in [0.4, 0.5) is 11.4 Å². The molecule has 0 bridgehead atoms. The van der Waals surface area contributed by atoms with E-state index in [1.165, 1.54) is 26.4 Å². The van der Waals surface area contributed by atoms with E-state index >= 15 is 0 Å². The SMILES string of the molecule is COCCOc1cc([N+](=O)[O-])c(C(=O)NCCN(C)c2ccccc2)cc1OC. The Labute approximate surface area is 169 Å². The first-order valence-electron chi connectivity index (χ1n) is 9.00. The van der Waals surface area contributed by atoms with Gasteiger partial charge >= 0.3 is 0 Å². The molecule has 0 aliphatic heterocycles. The number of hydrogen-bond donors (Lipinski definition) is 1. The summed E-state index contributed by atoms with van der Waals surface area (Å²) in [4.78, 5) is 25.4. The number of carbonyl (C=O) groups is 1. The highest BCUT2D eigenvalue weighted by atomic mass is 16.6. The van der Waals surface area contributed by atoms with Crippen molar-refractivity contribution in [3.63, 3.8) is 0 Å². The van der Waals surface area contributed by atoms with Gasteiger partial charge in [0.05, 0.1) is 24.7 Å². The first-order chi connectivity index (χ1) is 14.0. The Bertz CT molecular complexity index is 828.